The second kappa shape index (κ2) is 1.96. The lowest BCUT2D eigenvalue weighted by atomic mass is 9.70. The SMILES string of the molecule is CC1(c2nc(N)no2)CCC1. The molecule has 0 amide bonds. The van der Waals surface area contributed by atoms with Gasteiger partial charge in [-0.05, 0) is 18.0 Å². The number of nitrogen functional groups attached to an aromatic ring is 1. The van der Waals surface area contributed by atoms with Crippen LogP contribution in [0.15, 0.2) is 4.52 Å². The molecule has 0 spiro atoms. The van der Waals surface area contributed by atoms with Gasteiger partial charge in [0.1, 0.15) is 0 Å². The Morgan fingerprint density at radius 1 is 1.55 bits per heavy atom. The zero-order valence-electron chi connectivity index (χ0n) is 6.50. The van der Waals surface area contributed by atoms with Crippen LogP contribution in [0, 0.1) is 0 Å². The molecule has 1 saturated carbocycles. The van der Waals surface area contributed by atoms with Gasteiger partial charge in [0.25, 0.3) is 5.95 Å². The fraction of sp³-hybridized carbons (Fsp3) is 0.714. The molecule has 1 aliphatic rings. The van der Waals surface area contributed by atoms with Crippen LogP contribution in [-0.4, -0.2) is 10.1 Å². The molecule has 0 unspecified atom stereocenters. The molecule has 4 nitrogen and oxygen atoms in total. The van der Waals surface area contributed by atoms with Crippen LogP contribution in [0.25, 0.3) is 0 Å². The van der Waals surface area contributed by atoms with E-state index in [2.05, 4.69) is 17.1 Å². The zero-order chi connectivity index (χ0) is 7.90. The molecule has 11 heavy (non-hydrogen) atoms. The molecule has 0 radical (unpaired) electrons. The Morgan fingerprint density at radius 3 is 2.64 bits per heavy atom. The third-order valence-corrected chi connectivity index (χ3v) is 2.42. The Balaban J connectivity index is 2.28. The molecular formula is C7H11N3O. The molecule has 1 fully saturated rings. The van der Waals surface area contributed by atoms with E-state index in [0.29, 0.717) is 5.89 Å². The minimum Gasteiger partial charge on any atom is -0.365 e. The first-order valence-electron chi connectivity index (χ1n) is 3.80. The maximum atomic E-state index is 5.34. The van der Waals surface area contributed by atoms with Gasteiger partial charge in [-0.3, -0.25) is 0 Å². The smallest absolute Gasteiger partial charge is 0.260 e. The Kier molecular flexibility index (Phi) is 1.19. The van der Waals surface area contributed by atoms with Crippen molar-refractivity contribution >= 4 is 5.95 Å². The summed E-state index contributed by atoms with van der Waals surface area (Å²) in [5, 5.41) is 3.56. The minimum absolute atomic E-state index is 0.116. The summed E-state index contributed by atoms with van der Waals surface area (Å²) in [6, 6.07) is 0. The molecule has 60 valence electrons. The van der Waals surface area contributed by atoms with E-state index in [0.717, 1.165) is 12.8 Å². The van der Waals surface area contributed by atoms with Crippen molar-refractivity contribution in [1.29, 1.82) is 0 Å². The van der Waals surface area contributed by atoms with E-state index in [9.17, 15) is 0 Å². The Hall–Kier alpha value is -1.06. The van der Waals surface area contributed by atoms with Crippen LogP contribution < -0.4 is 5.73 Å². The van der Waals surface area contributed by atoms with Crippen LogP contribution >= 0.6 is 0 Å². The third-order valence-electron chi connectivity index (χ3n) is 2.42. The lowest BCUT2D eigenvalue weighted by Crippen LogP contribution is -2.30. The quantitative estimate of drug-likeness (QED) is 0.656. The molecule has 4 heteroatoms. The lowest BCUT2D eigenvalue weighted by molar-refractivity contribution is 0.195. The highest BCUT2D eigenvalue weighted by atomic mass is 16.5. The summed E-state index contributed by atoms with van der Waals surface area (Å²) < 4.78 is 4.99. The number of aromatic nitrogens is 2. The molecular weight excluding hydrogens is 142 g/mol. The summed E-state index contributed by atoms with van der Waals surface area (Å²) in [7, 11) is 0. The zero-order valence-corrected chi connectivity index (χ0v) is 6.50. The van der Waals surface area contributed by atoms with Crippen LogP contribution in [-0.2, 0) is 5.41 Å². The van der Waals surface area contributed by atoms with Crippen molar-refractivity contribution in [3.63, 3.8) is 0 Å². The van der Waals surface area contributed by atoms with Crippen molar-refractivity contribution in [2.45, 2.75) is 31.6 Å². The summed E-state index contributed by atoms with van der Waals surface area (Å²) in [6.07, 6.45) is 3.52. The first kappa shape index (κ1) is 6.64. The lowest BCUT2D eigenvalue weighted by Gasteiger charge is -2.34. The second-order valence-corrected chi connectivity index (χ2v) is 3.37. The third kappa shape index (κ3) is 0.895. The van der Waals surface area contributed by atoms with Gasteiger partial charge in [-0.15, -0.1) is 0 Å². The summed E-state index contributed by atoms with van der Waals surface area (Å²) in [4.78, 5) is 4.00. The fourth-order valence-corrected chi connectivity index (χ4v) is 1.40. The molecule has 0 atom stereocenters. The standard InChI is InChI=1S/C7H11N3O/c1-7(3-2-4-7)5-9-6(8)10-11-5/h2-4H2,1H3,(H2,8,10). The topological polar surface area (TPSA) is 64.9 Å². The van der Waals surface area contributed by atoms with Crippen LogP contribution in [0.1, 0.15) is 32.1 Å². The van der Waals surface area contributed by atoms with E-state index in [4.69, 9.17) is 10.3 Å². The predicted molar refractivity (Wildman–Crippen MR) is 39.9 cm³/mol. The molecule has 0 saturated heterocycles. The van der Waals surface area contributed by atoms with Crippen molar-refractivity contribution in [3.8, 4) is 0 Å². The van der Waals surface area contributed by atoms with Crippen LogP contribution in [0.3, 0.4) is 0 Å². The fourth-order valence-electron chi connectivity index (χ4n) is 1.40. The molecule has 1 heterocycles. The van der Waals surface area contributed by atoms with Crippen molar-refractivity contribution < 1.29 is 4.52 Å². The summed E-state index contributed by atoms with van der Waals surface area (Å²) in [6.45, 7) is 2.13. The van der Waals surface area contributed by atoms with Gasteiger partial charge >= 0.3 is 0 Å². The van der Waals surface area contributed by atoms with Crippen molar-refractivity contribution in [3.05, 3.63) is 5.89 Å². The molecule has 1 aromatic rings. The average Bonchev–Trinajstić information content (AvgIpc) is 2.31. The van der Waals surface area contributed by atoms with Gasteiger partial charge in [0, 0.05) is 5.41 Å². The Labute approximate surface area is 64.8 Å². The van der Waals surface area contributed by atoms with Crippen LogP contribution in [0.4, 0.5) is 5.95 Å². The maximum Gasteiger partial charge on any atom is 0.260 e. The van der Waals surface area contributed by atoms with Gasteiger partial charge in [0.15, 0.2) is 0 Å². The highest BCUT2D eigenvalue weighted by molar-refractivity contribution is 5.16. The van der Waals surface area contributed by atoms with E-state index < -0.39 is 0 Å². The van der Waals surface area contributed by atoms with Gasteiger partial charge in [0.2, 0.25) is 5.89 Å². The number of nitrogens with zero attached hydrogens (tertiary/aromatic N) is 2. The number of nitrogens with two attached hydrogens (primary N) is 1. The number of anilines is 1. The average molecular weight is 153 g/mol. The Morgan fingerprint density at radius 2 is 2.27 bits per heavy atom. The minimum atomic E-state index is 0.116. The van der Waals surface area contributed by atoms with E-state index in [1.54, 1.807) is 0 Å². The maximum absolute atomic E-state index is 5.34. The number of hydrogen-bond donors (Lipinski definition) is 1. The van der Waals surface area contributed by atoms with Gasteiger partial charge in [-0.2, -0.15) is 4.98 Å². The van der Waals surface area contributed by atoms with E-state index in [1.165, 1.54) is 6.42 Å². The molecule has 0 bridgehead atoms. The molecule has 2 N–H and O–H groups in total. The largest absolute Gasteiger partial charge is 0.365 e. The summed E-state index contributed by atoms with van der Waals surface area (Å²) in [5.41, 5.74) is 5.45. The highest BCUT2D eigenvalue weighted by Crippen LogP contribution is 2.42. The molecule has 1 aromatic heterocycles. The second-order valence-electron chi connectivity index (χ2n) is 3.37. The summed E-state index contributed by atoms with van der Waals surface area (Å²) in [5.74, 6) is 0.939. The van der Waals surface area contributed by atoms with Gasteiger partial charge < -0.3 is 10.3 Å². The highest BCUT2D eigenvalue weighted by Gasteiger charge is 2.38. The van der Waals surface area contributed by atoms with E-state index in [-0.39, 0.29) is 11.4 Å². The molecule has 1 aliphatic carbocycles. The van der Waals surface area contributed by atoms with Gasteiger partial charge in [-0.25, -0.2) is 0 Å². The molecule has 2 rings (SSSR count). The molecule has 0 aliphatic heterocycles. The van der Waals surface area contributed by atoms with Crippen molar-refractivity contribution in [2.75, 3.05) is 5.73 Å². The normalized spacial score (nSPS) is 21.2. The van der Waals surface area contributed by atoms with Crippen molar-refractivity contribution in [2.24, 2.45) is 0 Å². The van der Waals surface area contributed by atoms with Crippen molar-refractivity contribution in [1.82, 2.24) is 10.1 Å². The monoisotopic (exact) mass is 153 g/mol. The number of hydrogen-bond acceptors (Lipinski definition) is 4. The van der Waals surface area contributed by atoms with E-state index in [1.807, 2.05) is 0 Å². The van der Waals surface area contributed by atoms with Crippen LogP contribution in [0.2, 0.25) is 0 Å². The van der Waals surface area contributed by atoms with Gasteiger partial charge in [0.05, 0.1) is 0 Å². The first-order valence-corrected chi connectivity index (χ1v) is 3.80. The predicted octanol–water partition coefficient (Wildman–Crippen LogP) is 1.09. The van der Waals surface area contributed by atoms with Crippen LogP contribution in [0.5, 0.6) is 0 Å². The first-order chi connectivity index (χ1) is 5.21. The van der Waals surface area contributed by atoms with E-state index >= 15 is 0 Å². The number of rotatable bonds is 1. The summed E-state index contributed by atoms with van der Waals surface area (Å²) >= 11 is 0. The Bertz CT molecular complexity index is 264. The van der Waals surface area contributed by atoms with Gasteiger partial charge in [-0.1, -0.05) is 13.3 Å². The molecule has 0 aromatic carbocycles.